The zero-order valence-electron chi connectivity index (χ0n) is 12.5. The van der Waals surface area contributed by atoms with E-state index in [1.807, 2.05) is 42.5 Å². The summed E-state index contributed by atoms with van der Waals surface area (Å²) in [4.78, 5) is 12.1. The summed E-state index contributed by atoms with van der Waals surface area (Å²) < 4.78 is 5.16. The molecule has 2 aromatic carbocycles. The molecule has 2 aromatic rings. The second-order valence-electron chi connectivity index (χ2n) is 5.34. The minimum atomic E-state index is -0.0318. The molecule has 0 saturated heterocycles. The van der Waals surface area contributed by atoms with Gasteiger partial charge in [0.1, 0.15) is 5.75 Å². The summed E-state index contributed by atoms with van der Waals surface area (Å²) in [5.74, 6) is 0.725. The third kappa shape index (κ3) is 3.52. The van der Waals surface area contributed by atoms with Gasteiger partial charge in [0.25, 0.3) is 0 Å². The molecule has 5 heteroatoms. The van der Waals surface area contributed by atoms with E-state index in [0.29, 0.717) is 16.5 Å². The topological polar surface area (TPSA) is 38.3 Å². The third-order valence-electron chi connectivity index (χ3n) is 3.82. The molecule has 0 bridgehead atoms. The van der Waals surface area contributed by atoms with E-state index in [9.17, 15) is 4.79 Å². The van der Waals surface area contributed by atoms with Crippen LogP contribution in [0, 0.1) is 0 Å². The van der Waals surface area contributed by atoms with Crippen molar-refractivity contribution in [3.63, 3.8) is 0 Å². The SMILES string of the molecule is COc1ccc(C2=CC(c3ccc(Cl)c(Cl)c3)CC(=O)N2)cc1. The van der Waals surface area contributed by atoms with Gasteiger partial charge in [0.15, 0.2) is 0 Å². The number of rotatable bonds is 3. The second-order valence-corrected chi connectivity index (χ2v) is 6.16. The van der Waals surface area contributed by atoms with E-state index in [2.05, 4.69) is 5.32 Å². The Morgan fingerprint density at radius 3 is 2.48 bits per heavy atom. The van der Waals surface area contributed by atoms with Crippen LogP contribution in [0.5, 0.6) is 5.75 Å². The Hall–Kier alpha value is -1.97. The third-order valence-corrected chi connectivity index (χ3v) is 4.56. The number of hydrogen-bond acceptors (Lipinski definition) is 2. The molecule has 1 atom stereocenters. The van der Waals surface area contributed by atoms with Gasteiger partial charge in [0.05, 0.1) is 17.2 Å². The molecule has 0 saturated carbocycles. The number of carbonyl (C=O) groups is 1. The van der Waals surface area contributed by atoms with Gasteiger partial charge in [0, 0.05) is 18.0 Å². The quantitative estimate of drug-likeness (QED) is 0.877. The predicted octanol–water partition coefficient (Wildman–Crippen LogP) is 4.65. The Balaban J connectivity index is 1.94. The van der Waals surface area contributed by atoms with Crippen LogP contribution in [0.15, 0.2) is 48.5 Å². The molecule has 0 spiro atoms. The molecule has 1 aliphatic rings. The first kappa shape index (κ1) is 15.9. The fourth-order valence-corrected chi connectivity index (χ4v) is 2.91. The largest absolute Gasteiger partial charge is 0.497 e. The molecule has 1 unspecified atom stereocenters. The highest BCUT2D eigenvalue weighted by Crippen LogP contribution is 2.32. The minimum absolute atomic E-state index is 0.0191. The van der Waals surface area contributed by atoms with Crippen LogP contribution >= 0.6 is 23.2 Å². The Morgan fingerprint density at radius 1 is 1.09 bits per heavy atom. The fourth-order valence-electron chi connectivity index (χ4n) is 2.60. The van der Waals surface area contributed by atoms with E-state index in [-0.39, 0.29) is 11.8 Å². The number of methoxy groups -OCH3 is 1. The number of hydrogen-bond donors (Lipinski definition) is 1. The number of benzene rings is 2. The molecule has 0 aliphatic carbocycles. The summed E-state index contributed by atoms with van der Waals surface area (Å²) >= 11 is 12.1. The van der Waals surface area contributed by atoms with Crippen molar-refractivity contribution in [2.24, 2.45) is 0 Å². The van der Waals surface area contributed by atoms with Crippen LogP contribution in [0.4, 0.5) is 0 Å². The van der Waals surface area contributed by atoms with Crippen molar-refractivity contribution in [2.75, 3.05) is 7.11 Å². The van der Waals surface area contributed by atoms with Crippen LogP contribution in [0.1, 0.15) is 23.5 Å². The molecule has 1 heterocycles. The van der Waals surface area contributed by atoms with Crippen LogP contribution in [0.2, 0.25) is 10.0 Å². The molecule has 0 aromatic heterocycles. The van der Waals surface area contributed by atoms with Gasteiger partial charge >= 0.3 is 0 Å². The molecule has 0 fully saturated rings. The lowest BCUT2D eigenvalue weighted by Gasteiger charge is -2.22. The number of nitrogens with one attached hydrogen (secondary N) is 1. The zero-order chi connectivity index (χ0) is 16.4. The highest BCUT2D eigenvalue weighted by molar-refractivity contribution is 6.42. The van der Waals surface area contributed by atoms with Crippen molar-refractivity contribution in [3.05, 3.63) is 69.7 Å². The monoisotopic (exact) mass is 347 g/mol. The van der Waals surface area contributed by atoms with Crippen molar-refractivity contribution >= 4 is 34.8 Å². The van der Waals surface area contributed by atoms with Gasteiger partial charge < -0.3 is 10.1 Å². The molecule has 1 amide bonds. The van der Waals surface area contributed by atoms with E-state index in [4.69, 9.17) is 27.9 Å². The lowest BCUT2D eigenvalue weighted by Crippen LogP contribution is -2.28. The summed E-state index contributed by atoms with van der Waals surface area (Å²) in [5, 5.41) is 3.92. The first-order chi connectivity index (χ1) is 11.1. The number of carbonyl (C=O) groups excluding carboxylic acids is 1. The molecule has 3 rings (SSSR count). The lowest BCUT2D eigenvalue weighted by molar-refractivity contribution is -0.120. The summed E-state index contributed by atoms with van der Waals surface area (Å²) in [6, 6.07) is 13.0. The molecule has 3 nitrogen and oxygen atoms in total. The maximum absolute atomic E-state index is 12.1. The van der Waals surface area contributed by atoms with Gasteiger partial charge in [-0.1, -0.05) is 35.3 Å². The molecular weight excluding hydrogens is 333 g/mol. The van der Waals surface area contributed by atoms with Gasteiger partial charge in [-0.15, -0.1) is 0 Å². The Kier molecular flexibility index (Phi) is 4.60. The average molecular weight is 348 g/mol. The van der Waals surface area contributed by atoms with Crippen LogP contribution in [-0.2, 0) is 4.79 Å². The van der Waals surface area contributed by atoms with Gasteiger partial charge in [-0.2, -0.15) is 0 Å². The van der Waals surface area contributed by atoms with Crippen molar-refractivity contribution in [3.8, 4) is 5.75 Å². The molecule has 1 N–H and O–H groups in total. The summed E-state index contributed by atoms with van der Waals surface area (Å²) in [6.07, 6.45) is 2.43. The molecule has 0 radical (unpaired) electrons. The van der Waals surface area contributed by atoms with Gasteiger partial charge in [0.2, 0.25) is 5.91 Å². The fraction of sp³-hybridized carbons (Fsp3) is 0.167. The van der Waals surface area contributed by atoms with E-state index in [0.717, 1.165) is 22.6 Å². The summed E-state index contributed by atoms with van der Waals surface area (Å²) in [7, 11) is 1.62. The first-order valence-corrected chi connectivity index (χ1v) is 7.93. The molecule has 118 valence electrons. The van der Waals surface area contributed by atoms with Gasteiger partial charge in [-0.25, -0.2) is 0 Å². The standard InChI is InChI=1S/C18H15Cl2NO2/c1-23-14-5-2-11(3-6-14)17-9-13(10-18(22)21-17)12-4-7-15(19)16(20)8-12/h2-9,13H,10H2,1H3,(H,21,22). The van der Waals surface area contributed by atoms with Crippen LogP contribution in [-0.4, -0.2) is 13.0 Å². The maximum atomic E-state index is 12.1. The van der Waals surface area contributed by atoms with E-state index < -0.39 is 0 Å². The summed E-state index contributed by atoms with van der Waals surface area (Å²) in [5.41, 5.74) is 2.70. The Bertz CT molecular complexity index is 769. The molecule has 23 heavy (non-hydrogen) atoms. The highest BCUT2D eigenvalue weighted by atomic mass is 35.5. The van der Waals surface area contributed by atoms with Crippen LogP contribution < -0.4 is 10.1 Å². The molecule has 1 aliphatic heterocycles. The van der Waals surface area contributed by atoms with E-state index in [1.165, 1.54) is 0 Å². The van der Waals surface area contributed by atoms with Crippen LogP contribution in [0.25, 0.3) is 5.70 Å². The zero-order valence-corrected chi connectivity index (χ0v) is 14.0. The average Bonchev–Trinajstić information content (AvgIpc) is 2.57. The molecular formula is C18H15Cl2NO2. The first-order valence-electron chi connectivity index (χ1n) is 7.18. The van der Waals surface area contributed by atoms with Crippen LogP contribution in [0.3, 0.4) is 0 Å². The number of amides is 1. The van der Waals surface area contributed by atoms with E-state index in [1.54, 1.807) is 13.2 Å². The number of ether oxygens (including phenoxy) is 1. The van der Waals surface area contributed by atoms with Crippen molar-refractivity contribution in [1.82, 2.24) is 5.32 Å². The van der Waals surface area contributed by atoms with E-state index >= 15 is 0 Å². The smallest absolute Gasteiger partial charge is 0.225 e. The van der Waals surface area contributed by atoms with Gasteiger partial charge in [-0.3, -0.25) is 4.79 Å². The van der Waals surface area contributed by atoms with Crippen molar-refractivity contribution < 1.29 is 9.53 Å². The van der Waals surface area contributed by atoms with Crippen molar-refractivity contribution in [2.45, 2.75) is 12.3 Å². The van der Waals surface area contributed by atoms with Crippen molar-refractivity contribution in [1.29, 1.82) is 0 Å². The lowest BCUT2D eigenvalue weighted by atomic mass is 9.90. The normalized spacial score (nSPS) is 17.4. The summed E-state index contributed by atoms with van der Waals surface area (Å²) in [6.45, 7) is 0. The predicted molar refractivity (Wildman–Crippen MR) is 92.9 cm³/mol. The second kappa shape index (κ2) is 6.65. The van der Waals surface area contributed by atoms with Gasteiger partial charge in [-0.05, 0) is 47.5 Å². The minimum Gasteiger partial charge on any atom is -0.497 e. The Labute approximate surface area is 144 Å². The Morgan fingerprint density at radius 2 is 1.83 bits per heavy atom. The number of allylic oxidation sites excluding steroid dienone is 1. The highest BCUT2D eigenvalue weighted by Gasteiger charge is 2.22. The number of halogens is 2. The maximum Gasteiger partial charge on any atom is 0.225 e.